The molecule has 31 heavy (non-hydrogen) atoms. The summed E-state index contributed by atoms with van der Waals surface area (Å²) < 4.78 is 10.6. The van der Waals surface area contributed by atoms with Crippen LogP contribution in [-0.2, 0) is 19.1 Å². The number of benzene rings is 2. The zero-order chi connectivity index (χ0) is 22.4. The van der Waals surface area contributed by atoms with Gasteiger partial charge in [0.2, 0.25) is 0 Å². The first-order valence-electron chi connectivity index (χ1n) is 10.0. The highest BCUT2D eigenvalue weighted by molar-refractivity contribution is 5.82. The fourth-order valence-corrected chi connectivity index (χ4v) is 3.72. The van der Waals surface area contributed by atoms with Gasteiger partial charge in [-0.2, -0.15) is 0 Å². The number of rotatable bonds is 9. The van der Waals surface area contributed by atoms with Crippen LogP contribution in [0.3, 0.4) is 0 Å². The third-order valence-electron chi connectivity index (χ3n) is 5.37. The Morgan fingerprint density at radius 2 is 1.65 bits per heavy atom. The SMILES string of the molecule is COC(CNC(=O)OCC1c2ccccc2-c2ccccc21)C(=O)N(C)CCC(=O)O. The van der Waals surface area contributed by atoms with E-state index < -0.39 is 24.1 Å². The lowest BCUT2D eigenvalue weighted by Gasteiger charge is -2.22. The van der Waals surface area contributed by atoms with E-state index in [0.29, 0.717) is 0 Å². The van der Waals surface area contributed by atoms with Crippen molar-refractivity contribution in [1.82, 2.24) is 10.2 Å². The molecule has 2 aromatic carbocycles. The van der Waals surface area contributed by atoms with Crippen LogP contribution < -0.4 is 5.32 Å². The summed E-state index contributed by atoms with van der Waals surface area (Å²) in [5.41, 5.74) is 4.51. The summed E-state index contributed by atoms with van der Waals surface area (Å²) in [6.07, 6.45) is -1.75. The van der Waals surface area contributed by atoms with Gasteiger partial charge in [-0.15, -0.1) is 0 Å². The van der Waals surface area contributed by atoms with E-state index in [2.05, 4.69) is 17.4 Å². The number of alkyl carbamates (subject to hydrolysis) is 1. The maximum absolute atomic E-state index is 12.4. The Balaban J connectivity index is 1.54. The van der Waals surface area contributed by atoms with Crippen LogP contribution in [0.25, 0.3) is 11.1 Å². The van der Waals surface area contributed by atoms with Crippen molar-refractivity contribution in [3.8, 4) is 11.1 Å². The Morgan fingerprint density at radius 1 is 1.06 bits per heavy atom. The number of carbonyl (C=O) groups excluding carboxylic acids is 2. The van der Waals surface area contributed by atoms with Gasteiger partial charge in [0.25, 0.3) is 5.91 Å². The average molecular weight is 426 g/mol. The lowest BCUT2D eigenvalue weighted by molar-refractivity contribution is -0.142. The molecule has 2 aromatic rings. The Kier molecular flexibility index (Phi) is 7.25. The van der Waals surface area contributed by atoms with Gasteiger partial charge in [0.1, 0.15) is 6.61 Å². The molecule has 1 aliphatic carbocycles. The van der Waals surface area contributed by atoms with E-state index in [4.69, 9.17) is 14.6 Å². The van der Waals surface area contributed by atoms with Crippen molar-refractivity contribution in [3.05, 3.63) is 59.7 Å². The number of fused-ring (bicyclic) bond motifs is 3. The highest BCUT2D eigenvalue weighted by Gasteiger charge is 2.29. The number of methoxy groups -OCH3 is 1. The van der Waals surface area contributed by atoms with Crippen LogP contribution in [0.5, 0.6) is 0 Å². The van der Waals surface area contributed by atoms with Crippen LogP contribution in [0.4, 0.5) is 4.79 Å². The van der Waals surface area contributed by atoms with Crippen molar-refractivity contribution in [1.29, 1.82) is 0 Å². The maximum atomic E-state index is 12.4. The normalized spacial score (nSPS) is 13.1. The van der Waals surface area contributed by atoms with Crippen LogP contribution in [0.1, 0.15) is 23.5 Å². The van der Waals surface area contributed by atoms with Crippen molar-refractivity contribution in [2.45, 2.75) is 18.4 Å². The minimum absolute atomic E-state index is 0.0545. The summed E-state index contributed by atoms with van der Waals surface area (Å²) in [6.45, 7) is 0.145. The van der Waals surface area contributed by atoms with E-state index in [1.54, 1.807) is 0 Å². The number of carbonyl (C=O) groups is 3. The molecule has 0 heterocycles. The second-order valence-electron chi connectivity index (χ2n) is 7.33. The smallest absolute Gasteiger partial charge is 0.407 e. The molecule has 164 valence electrons. The molecule has 0 aliphatic heterocycles. The minimum atomic E-state index is -0.995. The van der Waals surface area contributed by atoms with Gasteiger partial charge in [0.15, 0.2) is 6.10 Å². The number of carboxylic acid groups (broad SMARTS) is 1. The summed E-state index contributed by atoms with van der Waals surface area (Å²) >= 11 is 0. The number of hydrogen-bond donors (Lipinski definition) is 2. The fourth-order valence-electron chi connectivity index (χ4n) is 3.72. The largest absolute Gasteiger partial charge is 0.481 e. The van der Waals surface area contributed by atoms with E-state index >= 15 is 0 Å². The number of amides is 2. The zero-order valence-corrected chi connectivity index (χ0v) is 17.5. The van der Waals surface area contributed by atoms with Crippen molar-refractivity contribution in [3.63, 3.8) is 0 Å². The standard InChI is InChI=1S/C23H26N2O6/c1-25(12-11-21(26)27)22(28)20(30-2)13-24-23(29)31-14-19-17-9-5-3-7-15(17)16-8-4-6-10-18(16)19/h3-10,19-20H,11-14H2,1-2H3,(H,24,29)(H,26,27). The first-order chi connectivity index (χ1) is 14.9. The van der Waals surface area contributed by atoms with Crippen molar-refractivity contribution < 1.29 is 29.0 Å². The molecule has 0 bridgehead atoms. The molecule has 2 N–H and O–H groups in total. The fraction of sp³-hybridized carbons (Fsp3) is 0.348. The number of carboxylic acids is 1. The molecule has 0 spiro atoms. The van der Waals surface area contributed by atoms with Crippen LogP contribution in [0, 0.1) is 0 Å². The molecule has 0 radical (unpaired) electrons. The van der Waals surface area contributed by atoms with Gasteiger partial charge in [-0.1, -0.05) is 48.5 Å². The number of nitrogens with one attached hydrogen (secondary N) is 1. The van der Waals surface area contributed by atoms with Crippen LogP contribution in [0.2, 0.25) is 0 Å². The van der Waals surface area contributed by atoms with Crippen LogP contribution in [0.15, 0.2) is 48.5 Å². The molecule has 0 saturated heterocycles. The summed E-state index contributed by atoms with van der Waals surface area (Å²) in [5, 5.41) is 11.3. The second kappa shape index (κ2) is 10.1. The Bertz CT molecular complexity index is 915. The van der Waals surface area contributed by atoms with Crippen molar-refractivity contribution in [2.75, 3.05) is 33.9 Å². The monoisotopic (exact) mass is 426 g/mol. The van der Waals surface area contributed by atoms with Gasteiger partial charge in [-0.25, -0.2) is 4.79 Å². The Morgan fingerprint density at radius 3 is 2.19 bits per heavy atom. The van der Waals surface area contributed by atoms with E-state index in [1.165, 1.54) is 19.1 Å². The van der Waals surface area contributed by atoms with E-state index in [9.17, 15) is 14.4 Å². The predicted molar refractivity (Wildman–Crippen MR) is 114 cm³/mol. The quantitative estimate of drug-likeness (QED) is 0.638. The van der Waals surface area contributed by atoms with E-state index in [1.807, 2.05) is 36.4 Å². The number of likely N-dealkylation sites (N-methyl/N-ethyl adjacent to an activating group) is 1. The van der Waals surface area contributed by atoms with E-state index in [-0.39, 0.29) is 32.0 Å². The third kappa shape index (κ3) is 5.21. The van der Waals surface area contributed by atoms with Gasteiger partial charge in [-0.3, -0.25) is 9.59 Å². The molecule has 0 aromatic heterocycles. The topological polar surface area (TPSA) is 105 Å². The van der Waals surface area contributed by atoms with Gasteiger partial charge in [0.05, 0.1) is 13.0 Å². The molecular formula is C23H26N2O6. The molecule has 8 heteroatoms. The van der Waals surface area contributed by atoms with Gasteiger partial charge in [0, 0.05) is 26.6 Å². The Labute approximate surface area is 180 Å². The Hall–Kier alpha value is -3.39. The molecule has 3 rings (SSSR count). The molecule has 0 saturated carbocycles. The summed E-state index contributed by atoms with van der Waals surface area (Å²) in [6, 6.07) is 16.1. The van der Waals surface area contributed by atoms with Crippen molar-refractivity contribution >= 4 is 18.0 Å². The lowest BCUT2D eigenvalue weighted by Crippen LogP contribution is -2.45. The average Bonchev–Trinajstić information content (AvgIpc) is 3.10. The van der Waals surface area contributed by atoms with E-state index in [0.717, 1.165) is 22.3 Å². The highest BCUT2D eigenvalue weighted by Crippen LogP contribution is 2.44. The predicted octanol–water partition coefficient (Wildman–Crippen LogP) is 2.47. The number of ether oxygens (including phenoxy) is 2. The summed E-state index contributed by atoms with van der Waals surface area (Å²) in [7, 11) is 2.84. The first-order valence-corrected chi connectivity index (χ1v) is 10.0. The van der Waals surface area contributed by atoms with Crippen molar-refractivity contribution in [2.24, 2.45) is 0 Å². The molecule has 1 atom stereocenters. The minimum Gasteiger partial charge on any atom is -0.481 e. The van der Waals surface area contributed by atoms with Gasteiger partial charge >= 0.3 is 12.1 Å². The number of aliphatic carboxylic acids is 1. The molecule has 0 fully saturated rings. The third-order valence-corrected chi connectivity index (χ3v) is 5.37. The number of nitrogens with zero attached hydrogens (tertiary/aromatic N) is 1. The first kappa shape index (κ1) is 22.3. The second-order valence-corrected chi connectivity index (χ2v) is 7.33. The van der Waals surface area contributed by atoms with Crippen LogP contribution >= 0.6 is 0 Å². The number of hydrogen-bond acceptors (Lipinski definition) is 5. The molecule has 2 amide bonds. The molecule has 1 unspecified atom stereocenters. The summed E-state index contributed by atoms with van der Waals surface area (Å²) in [4.78, 5) is 36.6. The van der Waals surface area contributed by atoms with Crippen LogP contribution in [-0.4, -0.2) is 67.9 Å². The summed E-state index contributed by atoms with van der Waals surface area (Å²) in [5.74, 6) is -1.46. The zero-order valence-electron chi connectivity index (χ0n) is 17.5. The highest BCUT2D eigenvalue weighted by atomic mass is 16.5. The lowest BCUT2D eigenvalue weighted by atomic mass is 9.98. The molecule has 8 nitrogen and oxygen atoms in total. The van der Waals surface area contributed by atoms with Gasteiger partial charge < -0.3 is 24.8 Å². The molecular weight excluding hydrogens is 400 g/mol. The maximum Gasteiger partial charge on any atom is 0.407 e. The van der Waals surface area contributed by atoms with Gasteiger partial charge in [-0.05, 0) is 22.3 Å². The molecule has 1 aliphatic rings.